The van der Waals surface area contributed by atoms with Gasteiger partial charge in [-0.15, -0.1) is 0 Å². The molecule has 23 heavy (non-hydrogen) atoms. The number of nitrogens with two attached hydrogens (primary N) is 1. The number of aliphatic hydroxyl groups is 1. The van der Waals surface area contributed by atoms with E-state index in [1.165, 1.54) is 18.2 Å². The lowest BCUT2D eigenvalue weighted by Crippen LogP contribution is -2.36. The SMILES string of the molecule is Nc1cccc(C(=O)C[C@]2(O)C(=O)Nc3cc(Cl)cc(Cl)c32)c1. The van der Waals surface area contributed by atoms with Crippen molar-refractivity contribution in [2.24, 2.45) is 0 Å². The molecule has 3 rings (SSSR count). The zero-order chi connectivity index (χ0) is 16.8. The van der Waals surface area contributed by atoms with Gasteiger partial charge < -0.3 is 16.2 Å². The molecule has 0 aliphatic carbocycles. The Morgan fingerprint density at radius 3 is 2.70 bits per heavy atom. The molecule has 5 nitrogen and oxygen atoms in total. The number of ketones is 1. The standard InChI is InChI=1S/C16H12Cl2N2O3/c17-9-5-11(18)14-12(6-9)20-15(22)16(14,23)7-13(21)8-2-1-3-10(19)4-8/h1-6,23H,7,19H2,(H,20,22)/t16-/m1/s1. The van der Waals surface area contributed by atoms with Crippen LogP contribution in [0.2, 0.25) is 10.0 Å². The molecule has 0 aromatic heterocycles. The topological polar surface area (TPSA) is 92.4 Å². The number of rotatable bonds is 3. The van der Waals surface area contributed by atoms with E-state index in [-0.39, 0.29) is 10.6 Å². The second-order valence-electron chi connectivity index (χ2n) is 5.35. The van der Waals surface area contributed by atoms with E-state index in [9.17, 15) is 14.7 Å². The van der Waals surface area contributed by atoms with Crippen molar-refractivity contribution in [3.05, 3.63) is 57.6 Å². The molecule has 0 fully saturated rings. The van der Waals surface area contributed by atoms with Crippen molar-refractivity contribution < 1.29 is 14.7 Å². The Bertz CT molecular complexity index is 838. The van der Waals surface area contributed by atoms with Gasteiger partial charge in [-0.05, 0) is 24.3 Å². The minimum absolute atomic E-state index is 0.119. The number of fused-ring (bicyclic) bond motifs is 1. The molecule has 7 heteroatoms. The lowest BCUT2D eigenvalue weighted by Gasteiger charge is -2.21. The average molecular weight is 351 g/mol. The summed E-state index contributed by atoms with van der Waals surface area (Å²) in [5.74, 6) is -1.14. The van der Waals surface area contributed by atoms with Gasteiger partial charge in [-0.1, -0.05) is 35.3 Å². The van der Waals surface area contributed by atoms with Crippen LogP contribution in [0.5, 0.6) is 0 Å². The minimum Gasteiger partial charge on any atom is -0.399 e. The number of nitrogens with one attached hydrogen (secondary N) is 1. The van der Waals surface area contributed by atoms with Crippen molar-refractivity contribution in [2.75, 3.05) is 11.1 Å². The monoisotopic (exact) mass is 350 g/mol. The van der Waals surface area contributed by atoms with E-state index in [1.54, 1.807) is 18.2 Å². The molecule has 118 valence electrons. The summed E-state index contributed by atoms with van der Waals surface area (Å²) >= 11 is 12.0. The van der Waals surface area contributed by atoms with Gasteiger partial charge in [0.1, 0.15) is 0 Å². The Balaban J connectivity index is 2.00. The van der Waals surface area contributed by atoms with Crippen LogP contribution in [0.1, 0.15) is 22.3 Å². The molecule has 0 unspecified atom stereocenters. The van der Waals surface area contributed by atoms with Crippen LogP contribution in [0.25, 0.3) is 0 Å². The van der Waals surface area contributed by atoms with E-state index in [4.69, 9.17) is 28.9 Å². The van der Waals surface area contributed by atoms with Crippen molar-refractivity contribution in [3.63, 3.8) is 0 Å². The van der Waals surface area contributed by atoms with E-state index in [1.807, 2.05) is 0 Å². The predicted octanol–water partition coefficient (Wildman–Crippen LogP) is 2.99. The summed E-state index contributed by atoms with van der Waals surface area (Å²) < 4.78 is 0. The summed E-state index contributed by atoms with van der Waals surface area (Å²) in [5, 5.41) is 13.7. The third kappa shape index (κ3) is 2.67. The lowest BCUT2D eigenvalue weighted by molar-refractivity contribution is -0.133. The minimum atomic E-state index is -2.04. The van der Waals surface area contributed by atoms with Crippen molar-refractivity contribution in [1.82, 2.24) is 0 Å². The van der Waals surface area contributed by atoms with Gasteiger partial charge in [0.25, 0.3) is 5.91 Å². The summed E-state index contributed by atoms with van der Waals surface area (Å²) in [7, 11) is 0. The number of halogens is 2. The Labute approximate surface area is 142 Å². The van der Waals surface area contributed by atoms with E-state index in [0.717, 1.165) is 0 Å². The number of benzene rings is 2. The maximum atomic E-state index is 12.4. The summed E-state index contributed by atoms with van der Waals surface area (Å²) in [4.78, 5) is 24.6. The van der Waals surface area contributed by atoms with Crippen LogP contribution < -0.4 is 11.1 Å². The third-order valence-electron chi connectivity index (χ3n) is 3.72. The molecule has 2 aromatic rings. The fourth-order valence-electron chi connectivity index (χ4n) is 2.65. The Morgan fingerprint density at radius 1 is 1.26 bits per heavy atom. The molecule has 0 saturated carbocycles. The molecule has 0 radical (unpaired) electrons. The van der Waals surface area contributed by atoms with E-state index < -0.39 is 23.7 Å². The Hall–Kier alpha value is -2.08. The maximum Gasteiger partial charge on any atom is 0.261 e. The number of hydrogen-bond donors (Lipinski definition) is 3. The molecule has 2 aromatic carbocycles. The Morgan fingerprint density at radius 2 is 2.00 bits per heavy atom. The first-order chi connectivity index (χ1) is 10.8. The Kier molecular flexibility index (Phi) is 3.80. The number of hydrogen-bond acceptors (Lipinski definition) is 4. The smallest absolute Gasteiger partial charge is 0.261 e. The highest BCUT2D eigenvalue weighted by molar-refractivity contribution is 6.36. The second kappa shape index (κ2) is 5.53. The first-order valence-corrected chi connectivity index (χ1v) is 7.49. The summed E-state index contributed by atoms with van der Waals surface area (Å²) in [6.07, 6.45) is -0.448. The van der Waals surface area contributed by atoms with E-state index >= 15 is 0 Å². The number of amides is 1. The summed E-state index contributed by atoms with van der Waals surface area (Å²) in [6.45, 7) is 0. The van der Waals surface area contributed by atoms with Crippen molar-refractivity contribution in [3.8, 4) is 0 Å². The van der Waals surface area contributed by atoms with Crippen molar-refractivity contribution in [1.29, 1.82) is 0 Å². The molecule has 0 saturated heterocycles. The second-order valence-corrected chi connectivity index (χ2v) is 6.19. The highest BCUT2D eigenvalue weighted by Gasteiger charge is 2.48. The van der Waals surface area contributed by atoms with Crippen LogP contribution in [0.15, 0.2) is 36.4 Å². The predicted molar refractivity (Wildman–Crippen MR) is 88.8 cm³/mol. The molecule has 1 heterocycles. The average Bonchev–Trinajstić information content (AvgIpc) is 2.69. The molecule has 0 bridgehead atoms. The summed E-state index contributed by atoms with van der Waals surface area (Å²) in [5.41, 5.74) is 4.80. The normalized spacial score (nSPS) is 19.3. The largest absolute Gasteiger partial charge is 0.399 e. The van der Waals surface area contributed by atoms with Crippen LogP contribution in [0.3, 0.4) is 0 Å². The number of Topliss-reactive ketones (excluding diaryl/α,β-unsaturated/α-hetero) is 1. The number of nitrogen functional groups attached to an aromatic ring is 1. The molecular weight excluding hydrogens is 339 g/mol. The van der Waals surface area contributed by atoms with Crippen LogP contribution >= 0.6 is 23.2 Å². The summed E-state index contributed by atoms with van der Waals surface area (Å²) in [6, 6.07) is 9.22. The maximum absolute atomic E-state index is 12.4. The van der Waals surface area contributed by atoms with E-state index in [0.29, 0.717) is 22.0 Å². The number of anilines is 2. The van der Waals surface area contributed by atoms with Crippen LogP contribution in [0, 0.1) is 0 Å². The number of carbonyl (C=O) groups is 2. The zero-order valence-corrected chi connectivity index (χ0v) is 13.3. The molecule has 0 spiro atoms. The van der Waals surface area contributed by atoms with Gasteiger partial charge in [-0.2, -0.15) is 0 Å². The van der Waals surface area contributed by atoms with E-state index in [2.05, 4.69) is 5.32 Å². The van der Waals surface area contributed by atoms with Gasteiger partial charge in [0.15, 0.2) is 11.4 Å². The van der Waals surface area contributed by atoms with Gasteiger partial charge in [-0.3, -0.25) is 9.59 Å². The highest BCUT2D eigenvalue weighted by atomic mass is 35.5. The van der Waals surface area contributed by atoms with Gasteiger partial charge in [0, 0.05) is 21.8 Å². The zero-order valence-electron chi connectivity index (χ0n) is 11.8. The first-order valence-electron chi connectivity index (χ1n) is 6.73. The van der Waals surface area contributed by atoms with Crippen molar-refractivity contribution in [2.45, 2.75) is 12.0 Å². The molecule has 1 aliphatic rings. The van der Waals surface area contributed by atoms with Crippen LogP contribution in [-0.2, 0) is 10.4 Å². The van der Waals surface area contributed by atoms with Crippen LogP contribution in [-0.4, -0.2) is 16.8 Å². The highest BCUT2D eigenvalue weighted by Crippen LogP contribution is 2.44. The van der Waals surface area contributed by atoms with Gasteiger partial charge in [0.2, 0.25) is 0 Å². The van der Waals surface area contributed by atoms with Crippen molar-refractivity contribution >= 4 is 46.3 Å². The molecule has 4 N–H and O–H groups in total. The van der Waals surface area contributed by atoms with Gasteiger partial charge >= 0.3 is 0 Å². The first kappa shape index (κ1) is 15.8. The van der Waals surface area contributed by atoms with Gasteiger partial charge in [0.05, 0.1) is 17.1 Å². The van der Waals surface area contributed by atoms with Gasteiger partial charge in [-0.25, -0.2) is 0 Å². The fraction of sp³-hybridized carbons (Fsp3) is 0.125. The molecular formula is C16H12Cl2N2O3. The quantitative estimate of drug-likeness (QED) is 0.586. The number of carbonyl (C=O) groups excluding carboxylic acids is 2. The van der Waals surface area contributed by atoms with Crippen LogP contribution in [0.4, 0.5) is 11.4 Å². The molecule has 1 aliphatic heterocycles. The fourth-order valence-corrected chi connectivity index (χ4v) is 3.30. The lowest BCUT2D eigenvalue weighted by atomic mass is 9.88. The molecule has 1 atom stereocenters. The molecule has 1 amide bonds. The third-order valence-corrected chi connectivity index (χ3v) is 4.23.